The van der Waals surface area contributed by atoms with Crippen molar-refractivity contribution in [2.24, 2.45) is 5.73 Å². The maximum atomic E-state index is 9.96. The molecule has 1 rings (SSSR count). The molecule has 0 fully saturated rings. The van der Waals surface area contributed by atoms with Crippen LogP contribution in [-0.2, 0) is 6.54 Å². The Morgan fingerprint density at radius 1 is 1.60 bits per heavy atom. The third-order valence-electron chi connectivity index (χ3n) is 2.83. The second-order valence-corrected chi connectivity index (χ2v) is 4.17. The van der Waals surface area contributed by atoms with E-state index in [4.69, 9.17) is 5.73 Å². The van der Waals surface area contributed by atoms with Gasteiger partial charge in [0.25, 0.3) is 0 Å². The van der Waals surface area contributed by atoms with Crippen LogP contribution in [0.15, 0.2) is 12.4 Å². The highest BCUT2D eigenvalue weighted by molar-refractivity contribution is 4.99. The first-order chi connectivity index (χ1) is 7.09. The van der Waals surface area contributed by atoms with E-state index < -0.39 is 5.60 Å². The van der Waals surface area contributed by atoms with E-state index in [0.717, 1.165) is 19.4 Å². The standard InChI is InChI=1S/C11H21N3O/c1-3-11(15,9-12)5-4-6-14-8-10(2)7-13-14/h7-8,15H,3-6,9,12H2,1-2H3. The van der Waals surface area contributed by atoms with Crippen molar-refractivity contribution in [3.05, 3.63) is 18.0 Å². The Morgan fingerprint density at radius 3 is 2.80 bits per heavy atom. The Balaban J connectivity index is 2.32. The number of aromatic nitrogens is 2. The second kappa shape index (κ2) is 5.28. The van der Waals surface area contributed by atoms with Crippen LogP contribution in [0.5, 0.6) is 0 Å². The van der Waals surface area contributed by atoms with Crippen molar-refractivity contribution < 1.29 is 5.11 Å². The molecule has 0 aliphatic carbocycles. The molecule has 3 N–H and O–H groups in total. The Labute approximate surface area is 91.1 Å². The topological polar surface area (TPSA) is 64.1 Å². The third kappa shape index (κ3) is 3.64. The van der Waals surface area contributed by atoms with Gasteiger partial charge in [0.1, 0.15) is 0 Å². The predicted octanol–water partition coefficient (Wildman–Crippen LogP) is 1.07. The lowest BCUT2D eigenvalue weighted by atomic mass is 9.95. The summed E-state index contributed by atoms with van der Waals surface area (Å²) in [5.74, 6) is 0. The molecule has 0 amide bonds. The fraction of sp³-hybridized carbons (Fsp3) is 0.727. The predicted molar refractivity (Wildman–Crippen MR) is 60.5 cm³/mol. The highest BCUT2D eigenvalue weighted by Crippen LogP contribution is 2.15. The van der Waals surface area contributed by atoms with Gasteiger partial charge >= 0.3 is 0 Å². The molecule has 4 nitrogen and oxygen atoms in total. The molecule has 0 bridgehead atoms. The molecular weight excluding hydrogens is 190 g/mol. The van der Waals surface area contributed by atoms with Gasteiger partial charge in [0.15, 0.2) is 0 Å². The molecule has 1 aromatic heterocycles. The average molecular weight is 211 g/mol. The second-order valence-electron chi connectivity index (χ2n) is 4.17. The Hall–Kier alpha value is -0.870. The smallest absolute Gasteiger partial charge is 0.0767 e. The van der Waals surface area contributed by atoms with Crippen molar-refractivity contribution in [2.45, 2.75) is 45.3 Å². The van der Waals surface area contributed by atoms with E-state index in [9.17, 15) is 5.11 Å². The summed E-state index contributed by atoms with van der Waals surface area (Å²) in [5.41, 5.74) is 6.00. The molecule has 1 atom stereocenters. The summed E-state index contributed by atoms with van der Waals surface area (Å²) in [5, 5.41) is 14.1. The summed E-state index contributed by atoms with van der Waals surface area (Å²) in [6.45, 7) is 5.16. The van der Waals surface area contributed by atoms with Crippen molar-refractivity contribution >= 4 is 0 Å². The van der Waals surface area contributed by atoms with Crippen LogP contribution in [0.1, 0.15) is 31.7 Å². The van der Waals surface area contributed by atoms with E-state index in [-0.39, 0.29) is 0 Å². The fourth-order valence-electron chi connectivity index (χ4n) is 1.58. The molecular formula is C11H21N3O. The first-order valence-electron chi connectivity index (χ1n) is 5.51. The summed E-state index contributed by atoms with van der Waals surface area (Å²) in [7, 11) is 0. The van der Waals surface area contributed by atoms with E-state index in [1.807, 2.05) is 30.9 Å². The number of rotatable bonds is 6. The van der Waals surface area contributed by atoms with Gasteiger partial charge < -0.3 is 10.8 Å². The Kier molecular flexibility index (Phi) is 4.29. The van der Waals surface area contributed by atoms with E-state index in [0.29, 0.717) is 13.0 Å². The van der Waals surface area contributed by atoms with E-state index in [1.54, 1.807) is 0 Å². The summed E-state index contributed by atoms with van der Waals surface area (Å²) in [4.78, 5) is 0. The number of nitrogens with zero attached hydrogens (tertiary/aromatic N) is 2. The zero-order valence-corrected chi connectivity index (χ0v) is 9.61. The lowest BCUT2D eigenvalue weighted by Gasteiger charge is -2.24. The molecule has 1 unspecified atom stereocenters. The van der Waals surface area contributed by atoms with Crippen LogP contribution >= 0.6 is 0 Å². The number of hydrogen-bond donors (Lipinski definition) is 2. The monoisotopic (exact) mass is 211 g/mol. The minimum atomic E-state index is -0.692. The van der Waals surface area contributed by atoms with Gasteiger partial charge in [-0.05, 0) is 31.7 Å². The van der Waals surface area contributed by atoms with Crippen molar-refractivity contribution in [3.8, 4) is 0 Å². The van der Waals surface area contributed by atoms with Crippen LogP contribution in [0.2, 0.25) is 0 Å². The van der Waals surface area contributed by atoms with Crippen molar-refractivity contribution in [1.29, 1.82) is 0 Å². The molecule has 0 aliphatic heterocycles. The van der Waals surface area contributed by atoms with Crippen LogP contribution in [0.25, 0.3) is 0 Å². The quantitative estimate of drug-likeness (QED) is 0.740. The van der Waals surface area contributed by atoms with E-state index >= 15 is 0 Å². The SMILES string of the molecule is CCC(O)(CN)CCCn1cc(C)cn1. The minimum absolute atomic E-state index is 0.335. The molecule has 15 heavy (non-hydrogen) atoms. The Morgan fingerprint density at radius 2 is 2.33 bits per heavy atom. The maximum absolute atomic E-state index is 9.96. The van der Waals surface area contributed by atoms with Crippen LogP contribution < -0.4 is 5.73 Å². The number of nitrogens with two attached hydrogens (primary N) is 1. The molecule has 86 valence electrons. The summed E-state index contributed by atoms with van der Waals surface area (Å²) in [6.07, 6.45) is 6.20. The normalized spacial score (nSPS) is 15.2. The maximum Gasteiger partial charge on any atom is 0.0767 e. The summed E-state index contributed by atoms with van der Waals surface area (Å²) >= 11 is 0. The molecule has 0 aromatic carbocycles. The van der Waals surface area contributed by atoms with Crippen LogP contribution in [0.3, 0.4) is 0 Å². The van der Waals surface area contributed by atoms with Gasteiger partial charge in [-0.25, -0.2) is 0 Å². The molecule has 0 aliphatic rings. The van der Waals surface area contributed by atoms with Gasteiger partial charge in [0.05, 0.1) is 11.8 Å². The average Bonchev–Trinajstić information content (AvgIpc) is 2.64. The molecule has 0 saturated carbocycles. The van der Waals surface area contributed by atoms with Crippen LogP contribution in [-0.4, -0.2) is 27.0 Å². The fourth-order valence-corrected chi connectivity index (χ4v) is 1.58. The van der Waals surface area contributed by atoms with Gasteiger partial charge in [0.2, 0.25) is 0 Å². The van der Waals surface area contributed by atoms with Crippen molar-refractivity contribution in [2.75, 3.05) is 6.54 Å². The largest absolute Gasteiger partial charge is 0.389 e. The third-order valence-corrected chi connectivity index (χ3v) is 2.83. The molecule has 0 radical (unpaired) electrons. The molecule has 1 aromatic rings. The number of aryl methyl sites for hydroxylation is 2. The van der Waals surface area contributed by atoms with Crippen molar-refractivity contribution in [3.63, 3.8) is 0 Å². The van der Waals surface area contributed by atoms with E-state index in [1.165, 1.54) is 5.56 Å². The molecule has 0 saturated heterocycles. The van der Waals surface area contributed by atoms with Gasteiger partial charge in [-0.3, -0.25) is 4.68 Å². The highest BCUT2D eigenvalue weighted by Gasteiger charge is 2.21. The molecule has 1 heterocycles. The van der Waals surface area contributed by atoms with Gasteiger partial charge in [-0.2, -0.15) is 5.10 Å². The van der Waals surface area contributed by atoms with Gasteiger partial charge in [-0.1, -0.05) is 6.92 Å². The Bertz CT molecular complexity index is 292. The van der Waals surface area contributed by atoms with Gasteiger partial charge in [0, 0.05) is 19.3 Å². The van der Waals surface area contributed by atoms with Crippen LogP contribution in [0, 0.1) is 6.92 Å². The first kappa shape index (κ1) is 12.2. The molecule has 0 spiro atoms. The first-order valence-corrected chi connectivity index (χ1v) is 5.51. The molecule has 4 heteroatoms. The van der Waals surface area contributed by atoms with Crippen LogP contribution in [0.4, 0.5) is 0 Å². The van der Waals surface area contributed by atoms with E-state index in [2.05, 4.69) is 5.10 Å². The number of aliphatic hydroxyl groups is 1. The lowest BCUT2D eigenvalue weighted by molar-refractivity contribution is 0.0331. The summed E-state index contributed by atoms with van der Waals surface area (Å²) < 4.78 is 1.90. The van der Waals surface area contributed by atoms with Gasteiger partial charge in [-0.15, -0.1) is 0 Å². The zero-order chi connectivity index (χ0) is 11.3. The highest BCUT2D eigenvalue weighted by atomic mass is 16.3. The van der Waals surface area contributed by atoms with Crippen molar-refractivity contribution in [1.82, 2.24) is 9.78 Å². The number of hydrogen-bond acceptors (Lipinski definition) is 3. The summed E-state index contributed by atoms with van der Waals surface area (Å²) in [6, 6.07) is 0. The lowest BCUT2D eigenvalue weighted by Crippen LogP contribution is -2.37. The zero-order valence-electron chi connectivity index (χ0n) is 9.61. The minimum Gasteiger partial charge on any atom is -0.389 e.